The lowest BCUT2D eigenvalue weighted by atomic mass is 10.1. The summed E-state index contributed by atoms with van der Waals surface area (Å²) in [7, 11) is 0. The van der Waals surface area contributed by atoms with E-state index in [0.717, 1.165) is 17.2 Å². The van der Waals surface area contributed by atoms with Crippen LogP contribution in [0.2, 0.25) is 0 Å². The van der Waals surface area contributed by atoms with Crippen molar-refractivity contribution in [3.63, 3.8) is 0 Å². The van der Waals surface area contributed by atoms with Gasteiger partial charge in [-0.2, -0.15) is 9.78 Å². The lowest BCUT2D eigenvalue weighted by Crippen LogP contribution is -2.22. The topological polar surface area (TPSA) is 81.1 Å². The van der Waals surface area contributed by atoms with Crippen LogP contribution in [0.4, 0.5) is 0 Å². The van der Waals surface area contributed by atoms with E-state index in [-0.39, 0.29) is 17.9 Å². The molecule has 1 aromatic heterocycles. The highest BCUT2D eigenvalue weighted by Crippen LogP contribution is 2.14. The first kappa shape index (κ1) is 12.3. The number of nitrogens with two attached hydrogens (primary N) is 1. The molecule has 0 unspecified atom stereocenters. The van der Waals surface area contributed by atoms with Crippen LogP contribution < -0.4 is 11.3 Å². The Labute approximate surface area is 104 Å². The number of aromatic hydroxyl groups is 1. The molecule has 0 saturated carbocycles. The fourth-order valence-corrected chi connectivity index (χ4v) is 1.67. The van der Waals surface area contributed by atoms with Gasteiger partial charge >= 0.3 is 0 Å². The molecular weight excluding hydrogens is 230 g/mol. The van der Waals surface area contributed by atoms with E-state index in [1.807, 2.05) is 32.0 Å². The Morgan fingerprint density at radius 3 is 2.61 bits per heavy atom. The van der Waals surface area contributed by atoms with E-state index < -0.39 is 0 Å². The summed E-state index contributed by atoms with van der Waals surface area (Å²) in [6.07, 6.45) is 0. The third kappa shape index (κ3) is 2.12. The molecule has 0 amide bonds. The predicted molar refractivity (Wildman–Crippen MR) is 68.9 cm³/mol. The molecule has 2 rings (SSSR count). The van der Waals surface area contributed by atoms with Crippen molar-refractivity contribution in [3.8, 4) is 11.4 Å². The van der Waals surface area contributed by atoms with Gasteiger partial charge in [0.15, 0.2) is 0 Å². The fraction of sp³-hybridized carbons (Fsp3) is 0.231. The number of hydrogen-bond donors (Lipinski definition) is 2. The summed E-state index contributed by atoms with van der Waals surface area (Å²) in [5.74, 6) is -0.164. The van der Waals surface area contributed by atoms with Crippen molar-refractivity contribution in [2.75, 3.05) is 0 Å². The molecule has 1 heterocycles. The van der Waals surface area contributed by atoms with Gasteiger partial charge in [-0.05, 0) is 37.1 Å². The second-order valence-electron chi connectivity index (χ2n) is 4.20. The van der Waals surface area contributed by atoms with Gasteiger partial charge in [0.05, 0.1) is 5.69 Å². The quantitative estimate of drug-likeness (QED) is 0.827. The van der Waals surface area contributed by atoms with Crippen LogP contribution in [0.3, 0.4) is 0 Å². The van der Waals surface area contributed by atoms with Crippen molar-refractivity contribution in [1.29, 1.82) is 0 Å². The maximum absolute atomic E-state index is 11.8. The average Bonchev–Trinajstić information content (AvgIpc) is 2.33. The van der Waals surface area contributed by atoms with Crippen molar-refractivity contribution >= 4 is 0 Å². The van der Waals surface area contributed by atoms with Gasteiger partial charge in [-0.3, -0.25) is 4.79 Å². The van der Waals surface area contributed by atoms with E-state index in [9.17, 15) is 9.90 Å². The van der Waals surface area contributed by atoms with Gasteiger partial charge in [0.2, 0.25) is 0 Å². The van der Waals surface area contributed by atoms with Crippen molar-refractivity contribution in [2.24, 2.45) is 5.73 Å². The molecule has 5 heteroatoms. The first-order chi connectivity index (χ1) is 8.52. The van der Waals surface area contributed by atoms with E-state index in [2.05, 4.69) is 5.10 Å². The van der Waals surface area contributed by atoms with Crippen LogP contribution in [-0.4, -0.2) is 14.9 Å². The summed E-state index contributed by atoms with van der Waals surface area (Å²) < 4.78 is 1.24. The Kier molecular flexibility index (Phi) is 3.16. The van der Waals surface area contributed by atoms with Crippen LogP contribution in [0.5, 0.6) is 5.75 Å². The first-order valence-electron chi connectivity index (χ1n) is 5.63. The molecule has 94 valence electrons. The zero-order valence-electron chi connectivity index (χ0n) is 10.3. The van der Waals surface area contributed by atoms with E-state index in [1.54, 1.807) is 0 Å². The summed E-state index contributed by atoms with van der Waals surface area (Å²) in [5.41, 5.74) is 8.26. The summed E-state index contributed by atoms with van der Waals surface area (Å²) >= 11 is 0. The van der Waals surface area contributed by atoms with Gasteiger partial charge in [-0.15, -0.1) is 0 Å². The van der Waals surface area contributed by atoms with Crippen molar-refractivity contribution < 1.29 is 5.11 Å². The number of hydrogen-bond acceptors (Lipinski definition) is 4. The standard InChI is InChI=1S/C13H15N3O2/c1-8-3-4-10(5-9(8)2)16-13(18)6-12(17)11(7-14)15-16/h3-6,17H,7,14H2,1-2H3. The molecular formula is C13H15N3O2. The van der Waals surface area contributed by atoms with Crippen LogP contribution in [0.1, 0.15) is 16.8 Å². The summed E-state index contributed by atoms with van der Waals surface area (Å²) in [5, 5.41) is 13.6. The molecule has 18 heavy (non-hydrogen) atoms. The van der Waals surface area contributed by atoms with Crippen LogP contribution in [-0.2, 0) is 6.54 Å². The maximum Gasteiger partial charge on any atom is 0.275 e. The van der Waals surface area contributed by atoms with Gasteiger partial charge < -0.3 is 10.8 Å². The van der Waals surface area contributed by atoms with Gasteiger partial charge in [-0.1, -0.05) is 6.07 Å². The Morgan fingerprint density at radius 1 is 1.28 bits per heavy atom. The van der Waals surface area contributed by atoms with Gasteiger partial charge in [0.25, 0.3) is 5.56 Å². The van der Waals surface area contributed by atoms with Crippen molar-refractivity contribution in [2.45, 2.75) is 20.4 Å². The summed E-state index contributed by atoms with van der Waals surface area (Å²) in [6.45, 7) is 4.04. The second kappa shape index (κ2) is 4.62. The lowest BCUT2D eigenvalue weighted by molar-refractivity contribution is 0.457. The van der Waals surface area contributed by atoms with Crippen LogP contribution >= 0.6 is 0 Å². The van der Waals surface area contributed by atoms with Crippen molar-refractivity contribution in [3.05, 3.63) is 51.4 Å². The minimum atomic E-state index is -0.382. The minimum absolute atomic E-state index is 0.0803. The number of aromatic nitrogens is 2. The monoisotopic (exact) mass is 245 g/mol. The zero-order valence-corrected chi connectivity index (χ0v) is 10.3. The van der Waals surface area contributed by atoms with Gasteiger partial charge in [-0.25, -0.2) is 0 Å². The van der Waals surface area contributed by atoms with E-state index in [4.69, 9.17) is 5.73 Å². The Bertz CT molecular complexity index is 647. The Balaban J connectivity index is 2.63. The Hall–Kier alpha value is -2.14. The molecule has 0 aliphatic carbocycles. The highest BCUT2D eigenvalue weighted by molar-refractivity contribution is 5.39. The van der Waals surface area contributed by atoms with E-state index in [1.165, 1.54) is 4.68 Å². The van der Waals surface area contributed by atoms with Crippen molar-refractivity contribution in [1.82, 2.24) is 9.78 Å². The highest BCUT2D eigenvalue weighted by Gasteiger charge is 2.08. The lowest BCUT2D eigenvalue weighted by Gasteiger charge is -2.09. The fourth-order valence-electron chi connectivity index (χ4n) is 1.67. The molecule has 0 fully saturated rings. The van der Waals surface area contributed by atoms with E-state index >= 15 is 0 Å². The molecule has 0 aliphatic heterocycles. The number of aryl methyl sites for hydroxylation is 2. The summed E-state index contributed by atoms with van der Waals surface area (Å²) in [6, 6.07) is 6.74. The third-order valence-corrected chi connectivity index (χ3v) is 2.91. The maximum atomic E-state index is 11.8. The molecule has 0 spiro atoms. The number of benzene rings is 1. The predicted octanol–water partition coefficient (Wildman–Crippen LogP) is 1.01. The minimum Gasteiger partial charge on any atom is -0.506 e. The second-order valence-corrected chi connectivity index (χ2v) is 4.20. The highest BCUT2D eigenvalue weighted by atomic mass is 16.3. The number of nitrogens with zero attached hydrogens (tertiary/aromatic N) is 2. The largest absolute Gasteiger partial charge is 0.506 e. The van der Waals surface area contributed by atoms with Crippen LogP contribution in [0.15, 0.2) is 29.1 Å². The molecule has 0 saturated heterocycles. The molecule has 0 aliphatic rings. The first-order valence-corrected chi connectivity index (χ1v) is 5.63. The van der Waals surface area contributed by atoms with Gasteiger partial charge in [0.1, 0.15) is 11.4 Å². The SMILES string of the molecule is Cc1ccc(-n2nc(CN)c(O)cc2=O)cc1C. The van der Waals surface area contributed by atoms with Crippen LogP contribution in [0, 0.1) is 13.8 Å². The third-order valence-electron chi connectivity index (χ3n) is 2.91. The van der Waals surface area contributed by atoms with Gasteiger partial charge in [0, 0.05) is 12.6 Å². The van der Waals surface area contributed by atoms with E-state index in [0.29, 0.717) is 11.4 Å². The van der Waals surface area contributed by atoms with Crippen LogP contribution in [0.25, 0.3) is 5.69 Å². The molecule has 0 bridgehead atoms. The molecule has 3 N–H and O–H groups in total. The molecule has 1 aromatic carbocycles. The average molecular weight is 245 g/mol. The number of rotatable bonds is 2. The molecule has 0 radical (unpaired) electrons. The normalized spacial score (nSPS) is 10.6. The Morgan fingerprint density at radius 2 is 2.00 bits per heavy atom. The summed E-state index contributed by atoms with van der Waals surface area (Å²) in [4.78, 5) is 11.8. The smallest absolute Gasteiger partial charge is 0.275 e. The molecule has 2 aromatic rings. The zero-order chi connectivity index (χ0) is 13.3. The molecule has 0 atom stereocenters. The molecule has 5 nitrogen and oxygen atoms in total.